The SMILES string of the molecule is O=C(Cc1ccc(-n2cnc3ccc(F)cc3c2=O)cc1)CS(=O)(=O)c1ccc(Cl)s1. The minimum absolute atomic E-state index is 0.0563. The van der Waals surface area contributed by atoms with Gasteiger partial charge < -0.3 is 0 Å². The molecule has 0 atom stereocenters. The molecule has 0 radical (unpaired) electrons. The maximum absolute atomic E-state index is 13.5. The summed E-state index contributed by atoms with van der Waals surface area (Å²) in [5.41, 5.74) is 1.05. The topological polar surface area (TPSA) is 86.1 Å². The van der Waals surface area contributed by atoms with Crippen LogP contribution in [0.5, 0.6) is 0 Å². The Balaban J connectivity index is 1.52. The third kappa shape index (κ3) is 4.58. The quantitative estimate of drug-likeness (QED) is 0.422. The van der Waals surface area contributed by atoms with Crippen molar-refractivity contribution in [3.05, 3.63) is 87.0 Å². The lowest BCUT2D eigenvalue weighted by Gasteiger charge is -2.08. The number of halogens is 2. The van der Waals surface area contributed by atoms with Crippen LogP contribution in [-0.4, -0.2) is 29.5 Å². The second kappa shape index (κ2) is 8.33. The molecule has 6 nitrogen and oxygen atoms in total. The summed E-state index contributed by atoms with van der Waals surface area (Å²) in [6.07, 6.45) is 1.27. The Kier molecular flexibility index (Phi) is 5.74. The van der Waals surface area contributed by atoms with Gasteiger partial charge in [0.15, 0.2) is 15.6 Å². The molecular weight excluding hydrogens is 463 g/mol. The van der Waals surface area contributed by atoms with Crippen molar-refractivity contribution < 1.29 is 17.6 Å². The summed E-state index contributed by atoms with van der Waals surface area (Å²) in [6, 6.07) is 13.1. The van der Waals surface area contributed by atoms with Gasteiger partial charge in [0.05, 0.1) is 20.9 Å². The highest BCUT2D eigenvalue weighted by Gasteiger charge is 2.21. The molecule has 0 amide bonds. The molecule has 0 aliphatic carbocycles. The zero-order chi connectivity index (χ0) is 22.2. The van der Waals surface area contributed by atoms with Crippen molar-refractivity contribution in [2.24, 2.45) is 0 Å². The Morgan fingerprint density at radius 2 is 1.84 bits per heavy atom. The molecule has 0 saturated carbocycles. The Bertz CT molecular complexity index is 1460. The highest BCUT2D eigenvalue weighted by molar-refractivity contribution is 7.94. The number of hydrogen-bond donors (Lipinski definition) is 0. The van der Waals surface area contributed by atoms with Crippen molar-refractivity contribution in [1.82, 2.24) is 9.55 Å². The molecule has 4 aromatic rings. The van der Waals surface area contributed by atoms with Crippen molar-refractivity contribution in [2.45, 2.75) is 10.6 Å². The molecule has 2 heterocycles. The summed E-state index contributed by atoms with van der Waals surface area (Å²) in [6.45, 7) is 0. The van der Waals surface area contributed by atoms with Gasteiger partial charge in [-0.1, -0.05) is 23.7 Å². The minimum Gasteiger partial charge on any atom is -0.298 e. The number of benzene rings is 2. The summed E-state index contributed by atoms with van der Waals surface area (Å²) < 4.78 is 39.8. The maximum Gasteiger partial charge on any atom is 0.265 e. The second-order valence-electron chi connectivity index (χ2n) is 6.78. The van der Waals surface area contributed by atoms with E-state index in [1.54, 1.807) is 24.3 Å². The first-order valence-electron chi connectivity index (χ1n) is 8.99. The number of sulfone groups is 1. The molecule has 0 spiro atoms. The lowest BCUT2D eigenvalue weighted by Crippen LogP contribution is -2.19. The van der Waals surface area contributed by atoms with Crippen molar-refractivity contribution >= 4 is 49.5 Å². The van der Waals surface area contributed by atoms with Crippen LogP contribution in [0.4, 0.5) is 4.39 Å². The number of nitrogens with zero attached hydrogens (tertiary/aromatic N) is 2. The van der Waals surface area contributed by atoms with E-state index in [0.29, 0.717) is 21.1 Å². The molecule has 0 bridgehead atoms. The van der Waals surface area contributed by atoms with Crippen LogP contribution in [0.3, 0.4) is 0 Å². The van der Waals surface area contributed by atoms with Gasteiger partial charge in [-0.2, -0.15) is 0 Å². The van der Waals surface area contributed by atoms with E-state index in [-0.39, 0.29) is 16.0 Å². The van der Waals surface area contributed by atoms with E-state index < -0.39 is 32.7 Å². The number of ketones is 1. The van der Waals surface area contributed by atoms with Crippen LogP contribution < -0.4 is 5.56 Å². The molecule has 4 rings (SSSR count). The molecule has 0 unspecified atom stereocenters. The molecule has 31 heavy (non-hydrogen) atoms. The van der Waals surface area contributed by atoms with Gasteiger partial charge in [-0.15, -0.1) is 11.3 Å². The maximum atomic E-state index is 13.5. The van der Waals surface area contributed by atoms with Crippen molar-refractivity contribution in [1.29, 1.82) is 0 Å². The van der Waals surface area contributed by atoms with Gasteiger partial charge in [-0.3, -0.25) is 14.2 Å². The normalized spacial score (nSPS) is 11.7. The standard InChI is InChI=1S/C21H14ClFN2O4S2/c22-19-7-8-20(30-19)31(28,29)11-16(26)9-13-1-4-15(5-2-13)25-12-24-18-6-3-14(23)10-17(18)21(25)27/h1-8,10,12H,9,11H2. The molecule has 2 aromatic carbocycles. The Morgan fingerprint density at radius 3 is 2.52 bits per heavy atom. The van der Waals surface area contributed by atoms with Gasteiger partial charge in [-0.05, 0) is 48.0 Å². The third-order valence-electron chi connectivity index (χ3n) is 4.54. The fourth-order valence-electron chi connectivity index (χ4n) is 3.08. The number of thiophene rings is 1. The van der Waals surface area contributed by atoms with E-state index in [9.17, 15) is 22.4 Å². The summed E-state index contributed by atoms with van der Waals surface area (Å²) >= 11 is 6.68. The average Bonchev–Trinajstić information content (AvgIpc) is 3.16. The van der Waals surface area contributed by atoms with Crippen molar-refractivity contribution in [2.75, 3.05) is 5.75 Å². The average molecular weight is 477 g/mol. The molecule has 0 saturated heterocycles. The number of carbonyl (C=O) groups excluding carboxylic acids is 1. The van der Waals surface area contributed by atoms with Crippen LogP contribution in [0.1, 0.15) is 5.56 Å². The highest BCUT2D eigenvalue weighted by atomic mass is 35.5. The summed E-state index contributed by atoms with van der Waals surface area (Å²) in [7, 11) is -3.74. The van der Waals surface area contributed by atoms with Crippen LogP contribution in [-0.2, 0) is 21.1 Å². The minimum atomic E-state index is -3.74. The number of aromatic nitrogens is 2. The van der Waals surface area contributed by atoms with E-state index >= 15 is 0 Å². The second-order valence-corrected chi connectivity index (χ2v) is 10.7. The lowest BCUT2D eigenvalue weighted by atomic mass is 10.1. The fraction of sp³-hybridized carbons (Fsp3) is 0.0952. The molecule has 0 aliphatic rings. The first-order valence-corrected chi connectivity index (χ1v) is 11.8. The fourth-order valence-corrected chi connectivity index (χ4v) is 5.89. The van der Waals surface area contributed by atoms with Gasteiger partial charge in [-0.25, -0.2) is 17.8 Å². The smallest absolute Gasteiger partial charge is 0.265 e. The van der Waals surface area contributed by atoms with E-state index in [0.717, 1.165) is 17.4 Å². The molecule has 10 heteroatoms. The van der Waals surface area contributed by atoms with E-state index in [2.05, 4.69) is 4.98 Å². The Hall–Kier alpha value is -2.88. The van der Waals surface area contributed by atoms with Crippen molar-refractivity contribution in [3.8, 4) is 5.69 Å². The number of carbonyl (C=O) groups is 1. The van der Waals surface area contributed by atoms with Crippen LogP contribution in [0, 0.1) is 5.82 Å². The Labute approximate surface area is 185 Å². The lowest BCUT2D eigenvalue weighted by molar-refractivity contribution is -0.116. The van der Waals surface area contributed by atoms with E-state index in [1.165, 1.54) is 35.2 Å². The van der Waals surface area contributed by atoms with E-state index in [1.807, 2.05) is 0 Å². The van der Waals surface area contributed by atoms with Crippen LogP contribution in [0.25, 0.3) is 16.6 Å². The zero-order valence-electron chi connectivity index (χ0n) is 15.8. The first-order chi connectivity index (χ1) is 14.7. The van der Waals surface area contributed by atoms with Gasteiger partial charge >= 0.3 is 0 Å². The molecule has 0 aliphatic heterocycles. The predicted molar refractivity (Wildman–Crippen MR) is 117 cm³/mol. The number of Topliss-reactive ketones (excluding diaryl/α,β-unsaturated/α-hetero) is 1. The van der Waals surface area contributed by atoms with E-state index in [4.69, 9.17) is 11.6 Å². The number of fused-ring (bicyclic) bond motifs is 1. The summed E-state index contributed by atoms with van der Waals surface area (Å²) in [4.78, 5) is 29.1. The summed E-state index contributed by atoms with van der Waals surface area (Å²) in [5.74, 6) is -1.61. The molecular formula is C21H14ClFN2O4S2. The highest BCUT2D eigenvalue weighted by Crippen LogP contribution is 2.26. The molecule has 158 valence electrons. The van der Waals surface area contributed by atoms with Crippen LogP contribution in [0.15, 0.2) is 69.9 Å². The number of hydrogen-bond acceptors (Lipinski definition) is 6. The van der Waals surface area contributed by atoms with Crippen molar-refractivity contribution in [3.63, 3.8) is 0 Å². The third-order valence-corrected chi connectivity index (χ3v) is 8.03. The molecule has 0 fully saturated rings. The number of rotatable bonds is 6. The van der Waals surface area contributed by atoms with Gasteiger partial charge in [0.25, 0.3) is 5.56 Å². The van der Waals surface area contributed by atoms with Gasteiger partial charge in [0.1, 0.15) is 22.1 Å². The van der Waals surface area contributed by atoms with Crippen LogP contribution in [0.2, 0.25) is 4.34 Å². The van der Waals surface area contributed by atoms with Crippen LogP contribution >= 0.6 is 22.9 Å². The zero-order valence-corrected chi connectivity index (χ0v) is 18.2. The Morgan fingerprint density at radius 1 is 1.10 bits per heavy atom. The monoisotopic (exact) mass is 476 g/mol. The first kappa shape index (κ1) is 21.4. The van der Waals surface area contributed by atoms with Gasteiger partial charge in [0, 0.05) is 6.42 Å². The predicted octanol–water partition coefficient (Wildman–Crippen LogP) is 3.83. The molecule has 2 aromatic heterocycles. The van der Waals surface area contributed by atoms with Gasteiger partial charge in [0.2, 0.25) is 0 Å². The molecule has 0 N–H and O–H groups in total. The summed E-state index contributed by atoms with van der Waals surface area (Å²) in [5, 5.41) is 0.153. The largest absolute Gasteiger partial charge is 0.298 e.